The van der Waals surface area contributed by atoms with Crippen LogP contribution in [-0.2, 0) is 39.1 Å². The van der Waals surface area contributed by atoms with Crippen molar-refractivity contribution in [1.82, 2.24) is 0 Å². The molecule has 2 aromatic carbocycles. The molecule has 0 aliphatic rings. The van der Waals surface area contributed by atoms with E-state index in [-0.39, 0.29) is 40.1 Å². The molecule has 0 heterocycles. The van der Waals surface area contributed by atoms with Crippen LogP contribution in [0.3, 0.4) is 0 Å². The molecule has 0 spiro atoms. The van der Waals surface area contributed by atoms with Gasteiger partial charge in [-0.05, 0) is 6.42 Å². The zero-order valence-corrected chi connectivity index (χ0v) is 13.6. The predicted molar refractivity (Wildman–Crippen MR) is 69.3 cm³/mol. The summed E-state index contributed by atoms with van der Waals surface area (Å²) in [6, 6.07) is 19.2. The molecule has 2 aromatic rings. The first-order valence-electron chi connectivity index (χ1n) is 5.20. The van der Waals surface area contributed by atoms with Gasteiger partial charge in [0, 0.05) is 0 Å². The summed E-state index contributed by atoms with van der Waals surface area (Å²) in [4.78, 5) is 0. The van der Waals surface area contributed by atoms with Gasteiger partial charge < -0.3 is 7.43 Å². The van der Waals surface area contributed by atoms with Crippen LogP contribution in [0.5, 0.6) is 0 Å². The summed E-state index contributed by atoms with van der Waals surface area (Å²) in [6.07, 6.45) is 0.920. The number of benzene rings is 2. The molecule has 0 amide bonds. The van der Waals surface area contributed by atoms with Gasteiger partial charge in [-0.1, -0.05) is 13.8 Å². The standard InChI is InChI=1S/C15H14.CH3.Y/c1-12-5-3-7-14(9-12)11-15-8-4-6-13(2)10-15;;/h3-8H,11H2,1-2H3;1H3;/q-2;-1;+3. The zero-order valence-electron chi connectivity index (χ0n) is 10.7. The molecule has 0 N–H and O–H groups in total. The fraction of sp³-hybridized carbons (Fsp3) is 0.188. The smallest absolute Gasteiger partial charge is 0.358 e. The molecule has 0 nitrogen and oxygen atoms in total. The molecule has 0 aromatic heterocycles. The van der Waals surface area contributed by atoms with E-state index < -0.39 is 0 Å². The molecule has 0 saturated carbocycles. The average Bonchev–Trinajstić information content (AvgIpc) is 2.17. The van der Waals surface area contributed by atoms with Crippen LogP contribution < -0.4 is 0 Å². The maximum absolute atomic E-state index is 3.36. The van der Waals surface area contributed by atoms with Gasteiger partial charge in [0.25, 0.3) is 0 Å². The van der Waals surface area contributed by atoms with Crippen molar-refractivity contribution in [2.24, 2.45) is 0 Å². The summed E-state index contributed by atoms with van der Waals surface area (Å²) in [6.45, 7) is 4.15. The van der Waals surface area contributed by atoms with E-state index in [4.69, 9.17) is 0 Å². The van der Waals surface area contributed by atoms with E-state index in [0.29, 0.717) is 0 Å². The van der Waals surface area contributed by atoms with Crippen molar-refractivity contribution in [2.75, 3.05) is 0 Å². The average molecular weight is 298 g/mol. The molecule has 0 bridgehead atoms. The maximum atomic E-state index is 3.36. The van der Waals surface area contributed by atoms with Crippen LogP contribution in [0.1, 0.15) is 22.3 Å². The van der Waals surface area contributed by atoms with Gasteiger partial charge in [0.1, 0.15) is 0 Å². The van der Waals surface area contributed by atoms with E-state index in [0.717, 1.165) is 6.42 Å². The minimum Gasteiger partial charge on any atom is -0.358 e. The molecule has 0 aliphatic heterocycles. The van der Waals surface area contributed by atoms with E-state index >= 15 is 0 Å². The van der Waals surface area contributed by atoms with Gasteiger partial charge in [0.15, 0.2) is 0 Å². The fourth-order valence-electron chi connectivity index (χ4n) is 1.70. The topological polar surface area (TPSA) is 0 Å². The third-order valence-corrected chi connectivity index (χ3v) is 2.38. The molecule has 0 saturated heterocycles. The van der Waals surface area contributed by atoms with Crippen LogP contribution in [0.4, 0.5) is 0 Å². The Kier molecular flexibility index (Phi) is 7.58. The number of hydrogen-bond acceptors (Lipinski definition) is 0. The van der Waals surface area contributed by atoms with Gasteiger partial charge in [-0.2, -0.15) is 70.8 Å². The second-order valence-electron chi connectivity index (χ2n) is 3.89. The van der Waals surface area contributed by atoms with Crippen molar-refractivity contribution in [3.63, 3.8) is 0 Å². The van der Waals surface area contributed by atoms with Crippen molar-refractivity contribution in [2.45, 2.75) is 20.3 Å². The molecule has 0 radical (unpaired) electrons. The molecular formula is C16H17Y. The molecule has 0 aliphatic carbocycles. The van der Waals surface area contributed by atoms with E-state index in [1.54, 1.807) is 0 Å². The molecular weight excluding hydrogens is 281 g/mol. The van der Waals surface area contributed by atoms with Gasteiger partial charge in [0.2, 0.25) is 0 Å². The van der Waals surface area contributed by atoms with Crippen molar-refractivity contribution in [3.8, 4) is 0 Å². The minimum atomic E-state index is 0. The zero-order chi connectivity index (χ0) is 10.7. The number of aryl methyl sites for hydroxylation is 2. The normalized spacial score (nSPS) is 9.06. The first-order chi connectivity index (χ1) is 7.24. The summed E-state index contributed by atoms with van der Waals surface area (Å²) < 4.78 is 0. The third kappa shape index (κ3) is 5.14. The summed E-state index contributed by atoms with van der Waals surface area (Å²) in [5.74, 6) is 0. The van der Waals surface area contributed by atoms with E-state index in [2.05, 4.69) is 62.4 Å². The third-order valence-electron chi connectivity index (χ3n) is 2.38. The SMILES string of the molecule is Cc1[c-]c(Cc2[c-]c(C)ccc2)ccc1.[CH3-].[Y+3]. The second kappa shape index (κ2) is 7.79. The van der Waals surface area contributed by atoms with Gasteiger partial charge in [-0.3, -0.25) is 0 Å². The van der Waals surface area contributed by atoms with Gasteiger partial charge in [0.05, 0.1) is 0 Å². The van der Waals surface area contributed by atoms with Crippen LogP contribution in [0.15, 0.2) is 36.4 Å². The Morgan fingerprint density at radius 3 is 1.59 bits per heavy atom. The molecule has 84 valence electrons. The van der Waals surface area contributed by atoms with Crippen LogP contribution in [0.25, 0.3) is 0 Å². The Balaban J connectivity index is 0.00000128. The Hall–Kier alpha value is -0.456. The van der Waals surface area contributed by atoms with Gasteiger partial charge in [-0.15, -0.1) is 0 Å². The summed E-state index contributed by atoms with van der Waals surface area (Å²) >= 11 is 0. The number of rotatable bonds is 2. The van der Waals surface area contributed by atoms with E-state index in [1.807, 2.05) is 0 Å². The maximum Gasteiger partial charge on any atom is 3.00 e. The first-order valence-corrected chi connectivity index (χ1v) is 5.20. The van der Waals surface area contributed by atoms with Gasteiger partial charge >= 0.3 is 32.7 Å². The van der Waals surface area contributed by atoms with Gasteiger partial charge in [-0.25, -0.2) is 0 Å². The van der Waals surface area contributed by atoms with Crippen LogP contribution in [-0.4, -0.2) is 0 Å². The second-order valence-corrected chi connectivity index (χ2v) is 3.89. The van der Waals surface area contributed by atoms with Crippen molar-refractivity contribution in [3.05, 3.63) is 78.2 Å². The number of hydrogen-bond donors (Lipinski definition) is 0. The Morgan fingerprint density at radius 2 is 1.24 bits per heavy atom. The van der Waals surface area contributed by atoms with Crippen molar-refractivity contribution < 1.29 is 32.7 Å². The molecule has 0 fully saturated rings. The summed E-state index contributed by atoms with van der Waals surface area (Å²) in [5.41, 5.74) is 4.86. The predicted octanol–water partition coefficient (Wildman–Crippen LogP) is 3.94. The summed E-state index contributed by atoms with van der Waals surface area (Å²) in [7, 11) is 0. The molecule has 17 heavy (non-hydrogen) atoms. The fourth-order valence-corrected chi connectivity index (χ4v) is 1.70. The minimum absolute atomic E-state index is 0. The quantitative estimate of drug-likeness (QED) is 0.737. The molecule has 2 rings (SSSR count). The van der Waals surface area contributed by atoms with E-state index in [9.17, 15) is 0 Å². The van der Waals surface area contributed by atoms with Crippen LogP contribution in [0, 0.1) is 33.4 Å². The Labute approximate surface area is 130 Å². The largest absolute Gasteiger partial charge is 3.00 e. The van der Waals surface area contributed by atoms with E-state index in [1.165, 1.54) is 22.3 Å². The molecule has 0 atom stereocenters. The van der Waals surface area contributed by atoms with Crippen LogP contribution >= 0.6 is 0 Å². The molecule has 0 unspecified atom stereocenters. The first kappa shape index (κ1) is 16.5. The van der Waals surface area contributed by atoms with Crippen molar-refractivity contribution in [1.29, 1.82) is 0 Å². The summed E-state index contributed by atoms with van der Waals surface area (Å²) in [5, 5.41) is 0. The van der Waals surface area contributed by atoms with Crippen molar-refractivity contribution >= 4 is 0 Å². The Morgan fingerprint density at radius 1 is 0.824 bits per heavy atom. The van der Waals surface area contributed by atoms with Crippen LogP contribution in [0.2, 0.25) is 0 Å². The Bertz CT molecular complexity index is 417. The molecule has 1 heteroatoms. The monoisotopic (exact) mass is 298 g/mol.